The minimum absolute atomic E-state index is 0.0655. The van der Waals surface area contributed by atoms with Crippen LogP contribution in [-0.2, 0) is 10.0 Å². The van der Waals surface area contributed by atoms with Gasteiger partial charge in [0.15, 0.2) is 5.82 Å². The van der Waals surface area contributed by atoms with Gasteiger partial charge >= 0.3 is 0 Å². The third-order valence-electron chi connectivity index (χ3n) is 4.10. The number of ether oxygens (including phenoxy) is 1. The summed E-state index contributed by atoms with van der Waals surface area (Å²) in [6, 6.07) is 7.06. The van der Waals surface area contributed by atoms with Crippen LogP contribution in [0.3, 0.4) is 0 Å². The van der Waals surface area contributed by atoms with Crippen LogP contribution in [0.4, 0.5) is 25.8 Å². The number of methoxy groups -OCH3 is 1. The zero-order valence-corrected chi connectivity index (χ0v) is 16.8. The summed E-state index contributed by atoms with van der Waals surface area (Å²) in [5, 5.41) is 12.3. The molecule has 0 saturated carbocycles. The summed E-state index contributed by atoms with van der Waals surface area (Å²) in [5.74, 6) is -2.30. The van der Waals surface area contributed by atoms with E-state index in [0.29, 0.717) is 5.52 Å². The number of nitrogens with one attached hydrogen (secondary N) is 2. The SMILES string of the molecule is CCCS(=O)(=O)Nc1c(F)ccc(Nc2ccc3ncc(OC)nc3c2C#N)c1F. The van der Waals surface area contributed by atoms with E-state index in [1.807, 2.05) is 10.8 Å². The number of aromatic nitrogens is 2. The van der Waals surface area contributed by atoms with E-state index < -0.39 is 27.3 Å². The average molecular weight is 433 g/mol. The normalized spacial score (nSPS) is 11.2. The van der Waals surface area contributed by atoms with Crippen molar-refractivity contribution >= 4 is 38.1 Å². The van der Waals surface area contributed by atoms with E-state index in [1.54, 1.807) is 13.0 Å². The van der Waals surface area contributed by atoms with Crippen LogP contribution in [0.2, 0.25) is 0 Å². The van der Waals surface area contributed by atoms with Crippen molar-refractivity contribution in [2.75, 3.05) is 22.9 Å². The van der Waals surface area contributed by atoms with Crippen molar-refractivity contribution in [1.29, 1.82) is 5.26 Å². The summed E-state index contributed by atoms with van der Waals surface area (Å²) in [6.07, 6.45) is 1.68. The summed E-state index contributed by atoms with van der Waals surface area (Å²) < 4.78 is 59.8. The lowest BCUT2D eigenvalue weighted by Gasteiger charge is -2.14. The zero-order valence-electron chi connectivity index (χ0n) is 16.0. The molecule has 0 aliphatic carbocycles. The van der Waals surface area contributed by atoms with E-state index in [1.165, 1.54) is 19.4 Å². The number of benzene rings is 2. The summed E-state index contributed by atoms with van der Waals surface area (Å²) in [4.78, 5) is 8.34. The molecule has 8 nitrogen and oxygen atoms in total. The first-order valence-electron chi connectivity index (χ1n) is 8.79. The van der Waals surface area contributed by atoms with Crippen molar-refractivity contribution in [1.82, 2.24) is 9.97 Å². The van der Waals surface area contributed by atoms with Gasteiger partial charge < -0.3 is 10.1 Å². The molecule has 1 aromatic heterocycles. The van der Waals surface area contributed by atoms with E-state index in [9.17, 15) is 22.5 Å². The number of halogens is 2. The Labute approximate surface area is 171 Å². The Morgan fingerprint density at radius 1 is 1.20 bits per heavy atom. The molecule has 11 heteroatoms. The fraction of sp³-hybridized carbons (Fsp3) is 0.211. The lowest BCUT2D eigenvalue weighted by molar-refractivity contribution is 0.397. The molecular formula is C19H17F2N5O3S. The fourth-order valence-electron chi connectivity index (χ4n) is 2.74. The topological polar surface area (TPSA) is 117 Å². The molecule has 0 aliphatic rings. The van der Waals surface area contributed by atoms with Gasteiger partial charge in [-0.05, 0) is 30.7 Å². The molecule has 0 amide bonds. The molecule has 156 valence electrons. The van der Waals surface area contributed by atoms with Gasteiger partial charge in [-0.2, -0.15) is 5.26 Å². The first kappa shape index (κ1) is 21.2. The molecule has 0 radical (unpaired) electrons. The molecule has 0 saturated heterocycles. The Morgan fingerprint density at radius 3 is 2.60 bits per heavy atom. The van der Waals surface area contributed by atoms with Crippen LogP contribution in [0.5, 0.6) is 5.88 Å². The molecule has 0 bridgehead atoms. The second-order valence-corrected chi connectivity index (χ2v) is 8.05. The number of fused-ring (bicyclic) bond motifs is 1. The van der Waals surface area contributed by atoms with Crippen molar-refractivity contribution in [3.8, 4) is 11.9 Å². The highest BCUT2D eigenvalue weighted by Crippen LogP contribution is 2.32. The lowest BCUT2D eigenvalue weighted by atomic mass is 10.1. The fourth-order valence-corrected chi connectivity index (χ4v) is 3.88. The average Bonchev–Trinajstić information content (AvgIpc) is 2.72. The maximum absolute atomic E-state index is 14.9. The highest BCUT2D eigenvalue weighted by atomic mass is 32.2. The predicted molar refractivity (Wildman–Crippen MR) is 108 cm³/mol. The van der Waals surface area contributed by atoms with Gasteiger partial charge in [-0.15, -0.1) is 0 Å². The quantitative estimate of drug-likeness (QED) is 0.584. The van der Waals surface area contributed by atoms with Crippen molar-refractivity contribution in [2.24, 2.45) is 0 Å². The lowest BCUT2D eigenvalue weighted by Crippen LogP contribution is -2.18. The van der Waals surface area contributed by atoms with E-state index in [0.717, 1.165) is 12.1 Å². The van der Waals surface area contributed by atoms with Gasteiger partial charge in [0.1, 0.15) is 28.7 Å². The number of nitriles is 1. The maximum Gasteiger partial charge on any atom is 0.232 e. The van der Waals surface area contributed by atoms with E-state index in [2.05, 4.69) is 15.3 Å². The van der Waals surface area contributed by atoms with Crippen molar-refractivity contribution < 1.29 is 21.9 Å². The Bertz CT molecular complexity index is 1260. The van der Waals surface area contributed by atoms with Gasteiger partial charge in [-0.3, -0.25) is 4.72 Å². The highest BCUT2D eigenvalue weighted by Gasteiger charge is 2.20. The minimum Gasteiger partial charge on any atom is -0.480 e. The molecule has 0 aliphatic heterocycles. The predicted octanol–water partition coefficient (Wildman–Crippen LogP) is 3.68. The summed E-state index contributed by atoms with van der Waals surface area (Å²) in [5.41, 5.74) is -0.124. The summed E-state index contributed by atoms with van der Waals surface area (Å²) in [7, 11) is -2.51. The molecule has 2 aromatic carbocycles. The molecule has 0 fully saturated rings. The third kappa shape index (κ3) is 4.23. The molecule has 0 unspecified atom stereocenters. The zero-order chi connectivity index (χ0) is 21.9. The molecule has 3 rings (SSSR count). The molecule has 30 heavy (non-hydrogen) atoms. The number of rotatable bonds is 7. The van der Waals surface area contributed by atoms with Crippen LogP contribution in [-0.4, -0.2) is 31.2 Å². The standard InChI is InChI=1S/C19H17F2N5O3S/c1-3-8-30(27,28)26-19-12(20)4-5-14(17(19)21)24-13-6-7-15-18(11(13)9-22)25-16(29-2)10-23-15/h4-7,10,24,26H,3,8H2,1-2H3. The summed E-state index contributed by atoms with van der Waals surface area (Å²) >= 11 is 0. The van der Waals surface area contributed by atoms with Crippen molar-refractivity contribution in [3.63, 3.8) is 0 Å². The number of anilines is 3. The Morgan fingerprint density at radius 2 is 1.93 bits per heavy atom. The highest BCUT2D eigenvalue weighted by molar-refractivity contribution is 7.92. The van der Waals surface area contributed by atoms with Gasteiger partial charge in [0.2, 0.25) is 15.9 Å². The van der Waals surface area contributed by atoms with Gasteiger partial charge in [0.25, 0.3) is 0 Å². The number of hydrogen-bond acceptors (Lipinski definition) is 7. The number of hydrogen-bond donors (Lipinski definition) is 2. The Hall–Kier alpha value is -3.52. The van der Waals surface area contributed by atoms with Gasteiger partial charge in [0, 0.05) is 0 Å². The van der Waals surface area contributed by atoms with Crippen LogP contribution in [0.25, 0.3) is 11.0 Å². The Balaban J connectivity index is 2.06. The molecule has 2 N–H and O–H groups in total. The van der Waals surface area contributed by atoms with Crippen LogP contribution >= 0.6 is 0 Å². The van der Waals surface area contributed by atoms with Crippen LogP contribution < -0.4 is 14.8 Å². The molecule has 0 atom stereocenters. The second kappa shape index (κ2) is 8.46. The Kier molecular flexibility index (Phi) is 5.98. The van der Waals surface area contributed by atoms with Crippen LogP contribution in [0.15, 0.2) is 30.5 Å². The van der Waals surface area contributed by atoms with E-state index in [4.69, 9.17) is 4.74 Å². The van der Waals surface area contributed by atoms with Crippen LogP contribution in [0.1, 0.15) is 18.9 Å². The molecule has 3 aromatic rings. The number of sulfonamides is 1. The largest absolute Gasteiger partial charge is 0.480 e. The van der Waals surface area contributed by atoms with Crippen LogP contribution in [0, 0.1) is 23.0 Å². The van der Waals surface area contributed by atoms with Gasteiger partial charge in [-0.25, -0.2) is 27.2 Å². The monoisotopic (exact) mass is 433 g/mol. The second-order valence-electron chi connectivity index (χ2n) is 6.21. The van der Waals surface area contributed by atoms with E-state index >= 15 is 0 Å². The van der Waals surface area contributed by atoms with E-state index in [-0.39, 0.29) is 40.5 Å². The smallest absolute Gasteiger partial charge is 0.232 e. The van der Waals surface area contributed by atoms with Crippen molar-refractivity contribution in [2.45, 2.75) is 13.3 Å². The minimum atomic E-state index is -3.91. The van der Waals surface area contributed by atoms with Gasteiger partial charge in [-0.1, -0.05) is 6.92 Å². The first-order valence-corrected chi connectivity index (χ1v) is 10.4. The molecule has 1 heterocycles. The maximum atomic E-state index is 14.9. The molecular weight excluding hydrogens is 416 g/mol. The van der Waals surface area contributed by atoms with Crippen molar-refractivity contribution in [3.05, 3.63) is 47.7 Å². The molecule has 0 spiro atoms. The van der Waals surface area contributed by atoms with Gasteiger partial charge in [0.05, 0.1) is 36.0 Å². The third-order valence-corrected chi connectivity index (χ3v) is 5.57. The first-order chi connectivity index (χ1) is 14.3. The number of nitrogens with zero attached hydrogens (tertiary/aromatic N) is 3. The summed E-state index contributed by atoms with van der Waals surface area (Å²) in [6.45, 7) is 1.63.